The third-order valence-electron chi connectivity index (χ3n) is 12.3. The molecule has 14 atom stereocenters. The molecule has 5 aliphatic carbocycles. The van der Waals surface area contributed by atoms with Crippen LogP contribution >= 0.6 is 0 Å². The van der Waals surface area contributed by atoms with E-state index < -0.39 is 41.0 Å². The highest BCUT2D eigenvalue weighted by molar-refractivity contribution is 5.93. The maximum atomic E-state index is 13.3. The Morgan fingerprint density at radius 2 is 1.68 bits per heavy atom. The highest BCUT2D eigenvalue weighted by atomic mass is 16.3. The molecule has 0 saturated heterocycles. The Balaban J connectivity index is 1.45. The van der Waals surface area contributed by atoms with E-state index in [1.165, 1.54) is 18.6 Å². The third kappa shape index (κ3) is 3.09. The first-order valence-corrected chi connectivity index (χ1v) is 13.8. The van der Waals surface area contributed by atoms with Crippen LogP contribution in [0.1, 0.15) is 73.6 Å². The van der Waals surface area contributed by atoms with Crippen LogP contribution in [0.15, 0.2) is 12.2 Å². The molecule has 5 heteroatoms. The number of fused-ring (bicyclic) bond motifs is 5. The second-order valence-corrected chi connectivity index (χ2v) is 13.7. The van der Waals surface area contributed by atoms with E-state index in [1.807, 2.05) is 0 Å². The first kappa shape index (κ1) is 24.9. The van der Waals surface area contributed by atoms with E-state index in [0.717, 1.165) is 30.6 Å². The van der Waals surface area contributed by atoms with Gasteiger partial charge in [0.2, 0.25) is 0 Å². The maximum absolute atomic E-state index is 13.3. The van der Waals surface area contributed by atoms with Crippen molar-refractivity contribution in [2.45, 2.75) is 97.6 Å². The first-order chi connectivity index (χ1) is 15.8. The summed E-state index contributed by atoms with van der Waals surface area (Å²) in [5.74, 6) is 3.46. The monoisotopic (exact) mass is 474 g/mol. The molecular formula is C29H46O5. The van der Waals surface area contributed by atoms with Crippen molar-refractivity contribution in [1.82, 2.24) is 0 Å². The zero-order valence-corrected chi connectivity index (χ0v) is 21.8. The molecule has 0 bridgehead atoms. The number of aliphatic hydroxyl groups excluding tert-OH is 3. The van der Waals surface area contributed by atoms with Gasteiger partial charge in [0.25, 0.3) is 0 Å². The fraction of sp³-hybridized carbons (Fsp3) is 0.897. The van der Waals surface area contributed by atoms with Gasteiger partial charge >= 0.3 is 0 Å². The number of Topliss-reactive ketones (excluding diaryl/α,β-unsaturated/α-hetero) is 1. The average molecular weight is 475 g/mol. The zero-order chi connectivity index (χ0) is 25.0. The van der Waals surface area contributed by atoms with Gasteiger partial charge in [-0.25, -0.2) is 0 Å². The van der Waals surface area contributed by atoms with E-state index in [9.17, 15) is 25.2 Å². The van der Waals surface area contributed by atoms with Gasteiger partial charge in [-0.1, -0.05) is 40.7 Å². The van der Waals surface area contributed by atoms with Crippen molar-refractivity contribution in [3.63, 3.8) is 0 Å². The van der Waals surface area contributed by atoms with Gasteiger partial charge in [0, 0.05) is 5.92 Å². The Labute approximate surface area is 205 Å². The number of ketones is 1. The number of hydrogen-bond donors (Lipinski definition) is 4. The van der Waals surface area contributed by atoms with E-state index in [2.05, 4.69) is 34.6 Å². The summed E-state index contributed by atoms with van der Waals surface area (Å²) in [6, 6.07) is 0. The van der Waals surface area contributed by atoms with Gasteiger partial charge in [-0.15, -0.1) is 0 Å². The number of carbonyl (C=O) groups is 1. The predicted molar refractivity (Wildman–Crippen MR) is 131 cm³/mol. The quantitative estimate of drug-likeness (QED) is 0.467. The summed E-state index contributed by atoms with van der Waals surface area (Å²) in [5, 5.41) is 44.7. The van der Waals surface area contributed by atoms with Gasteiger partial charge in [0.1, 0.15) is 11.7 Å². The van der Waals surface area contributed by atoms with Crippen molar-refractivity contribution < 1.29 is 25.2 Å². The largest absolute Gasteiger partial charge is 0.393 e. The summed E-state index contributed by atoms with van der Waals surface area (Å²) in [6.07, 6.45) is 4.09. The van der Waals surface area contributed by atoms with Gasteiger partial charge in [0.05, 0.1) is 17.6 Å². The standard InChI is InChI=1S/C29H46O5/c1-14(2)15(3)17-11-18(17)16(4)20-7-8-21-19-12-24(32)29(34)10-9-22(30)26(33)28(29,6)25(19)23(31)13-27(20,21)5/h9-10,14-25,30-32,34H,7-8,11-13H2,1-6H3/t15-,16-,17-,18-,19+,20-,21+,22-,23-,24-,25-,27-,28+,29+/m1/s1. The lowest BCUT2D eigenvalue weighted by Gasteiger charge is -2.64. The topological polar surface area (TPSA) is 98.0 Å². The van der Waals surface area contributed by atoms with Crippen LogP contribution < -0.4 is 0 Å². The lowest BCUT2D eigenvalue weighted by molar-refractivity contribution is -0.241. The van der Waals surface area contributed by atoms with E-state index >= 15 is 0 Å². The third-order valence-corrected chi connectivity index (χ3v) is 12.3. The lowest BCUT2D eigenvalue weighted by Crippen LogP contribution is -2.73. The fourth-order valence-electron chi connectivity index (χ4n) is 9.97. The molecule has 0 aromatic rings. The van der Waals surface area contributed by atoms with Crippen molar-refractivity contribution in [2.24, 2.45) is 64.1 Å². The van der Waals surface area contributed by atoms with Crippen molar-refractivity contribution in [3.05, 3.63) is 12.2 Å². The Morgan fingerprint density at radius 1 is 1.00 bits per heavy atom. The molecule has 0 amide bonds. The minimum absolute atomic E-state index is 0.0358. The summed E-state index contributed by atoms with van der Waals surface area (Å²) in [4.78, 5) is 13.3. The van der Waals surface area contributed by atoms with E-state index in [1.54, 1.807) is 6.92 Å². The number of hydrogen-bond acceptors (Lipinski definition) is 5. The predicted octanol–water partition coefficient (Wildman–Crippen LogP) is 3.58. The number of rotatable bonds is 4. The van der Waals surface area contributed by atoms with Crippen molar-refractivity contribution >= 4 is 5.78 Å². The van der Waals surface area contributed by atoms with Gasteiger partial charge < -0.3 is 20.4 Å². The van der Waals surface area contributed by atoms with Crippen LogP contribution in [0, 0.1) is 64.1 Å². The SMILES string of the molecule is CC(C)[C@@H](C)[C@H]1C[C@@H]1[C@@H](C)[C@H]1CC[C@H]2[C@@H]3C[C@@H](O)[C@@]4(O)C=C[C@@H](O)C(=O)[C@]4(C)[C@H]3[C@H](O)C[C@]12C. The second kappa shape index (κ2) is 7.87. The van der Waals surface area contributed by atoms with Crippen LogP contribution in [-0.2, 0) is 4.79 Å². The lowest BCUT2D eigenvalue weighted by atomic mass is 9.42. The van der Waals surface area contributed by atoms with Crippen LogP contribution in [-0.4, -0.2) is 50.1 Å². The molecule has 0 aromatic carbocycles. The zero-order valence-electron chi connectivity index (χ0n) is 21.8. The van der Waals surface area contributed by atoms with Crippen molar-refractivity contribution in [2.75, 3.05) is 0 Å². The summed E-state index contributed by atoms with van der Waals surface area (Å²) < 4.78 is 0. The summed E-state index contributed by atoms with van der Waals surface area (Å²) in [7, 11) is 0. The van der Waals surface area contributed by atoms with Crippen molar-refractivity contribution in [1.29, 1.82) is 0 Å². The first-order valence-electron chi connectivity index (χ1n) is 13.8. The molecule has 0 heterocycles. The van der Waals surface area contributed by atoms with Crippen molar-refractivity contribution in [3.8, 4) is 0 Å². The van der Waals surface area contributed by atoms with E-state index in [0.29, 0.717) is 36.5 Å². The average Bonchev–Trinajstić information content (AvgIpc) is 3.48. The molecule has 0 radical (unpaired) electrons. The normalized spacial score (nSPS) is 56.0. The summed E-state index contributed by atoms with van der Waals surface area (Å²) >= 11 is 0. The summed E-state index contributed by atoms with van der Waals surface area (Å²) in [6.45, 7) is 13.5. The molecule has 5 aliphatic rings. The van der Waals surface area contributed by atoms with E-state index in [4.69, 9.17) is 0 Å². The van der Waals surface area contributed by atoms with Crippen LogP contribution in [0.25, 0.3) is 0 Å². The Kier molecular flexibility index (Phi) is 5.77. The van der Waals surface area contributed by atoms with Crippen LogP contribution in [0.2, 0.25) is 0 Å². The maximum Gasteiger partial charge on any atom is 0.174 e. The molecule has 0 spiro atoms. The molecule has 192 valence electrons. The molecule has 4 saturated carbocycles. The molecule has 5 nitrogen and oxygen atoms in total. The van der Waals surface area contributed by atoms with Gasteiger partial charge in [-0.05, 0) is 97.9 Å². The van der Waals surface area contributed by atoms with Crippen LogP contribution in [0.3, 0.4) is 0 Å². The molecule has 5 rings (SSSR count). The highest BCUT2D eigenvalue weighted by Gasteiger charge is 2.72. The molecule has 4 fully saturated rings. The minimum atomic E-state index is -1.75. The molecule has 34 heavy (non-hydrogen) atoms. The Hall–Kier alpha value is -0.750. The number of carbonyl (C=O) groups excluding carboxylic acids is 1. The fourth-order valence-corrected chi connectivity index (χ4v) is 9.97. The molecule has 4 N–H and O–H groups in total. The molecule has 0 aliphatic heterocycles. The highest BCUT2D eigenvalue weighted by Crippen LogP contribution is 2.69. The molecular weight excluding hydrogens is 428 g/mol. The number of aliphatic hydroxyl groups is 4. The van der Waals surface area contributed by atoms with Gasteiger partial charge in [-0.3, -0.25) is 4.79 Å². The van der Waals surface area contributed by atoms with Gasteiger partial charge in [-0.2, -0.15) is 0 Å². The Morgan fingerprint density at radius 3 is 2.32 bits per heavy atom. The van der Waals surface area contributed by atoms with Gasteiger partial charge in [0.15, 0.2) is 5.78 Å². The minimum Gasteiger partial charge on any atom is -0.393 e. The smallest absolute Gasteiger partial charge is 0.174 e. The molecule has 0 aromatic heterocycles. The molecule has 0 unspecified atom stereocenters. The van der Waals surface area contributed by atoms with Crippen LogP contribution in [0.5, 0.6) is 0 Å². The Bertz CT molecular complexity index is 869. The summed E-state index contributed by atoms with van der Waals surface area (Å²) in [5.41, 5.74) is -3.19. The van der Waals surface area contributed by atoms with Crippen LogP contribution in [0.4, 0.5) is 0 Å². The second-order valence-electron chi connectivity index (χ2n) is 13.7. The van der Waals surface area contributed by atoms with E-state index in [-0.39, 0.29) is 11.3 Å².